The molecule has 0 aliphatic heterocycles. The molecule has 25 heavy (non-hydrogen) atoms. The van der Waals surface area contributed by atoms with Crippen LogP contribution in [-0.4, -0.2) is 36.3 Å². The number of para-hydroxylation sites is 1. The fourth-order valence-corrected chi connectivity index (χ4v) is 2.66. The van der Waals surface area contributed by atoms with Crippen LogP contribution in [0.15, 0.2) is 42.6 Å². The number of amides is 1. The van der Waals surface area contributed by atoms with Crippen LogP contribution in [0.25, 0.3) is 10.9 Å². The van der Waals surface area contributed by atoms with Gasteiger partial charge in [0.05, 0.1) is 20.1 Å². The minimum atomic E-state index is -0.370. The highest BCUT2D eigenvalue weighted by Crippen LogP contribution is 2.18. The summed E-state index contributed by atoms with van der Waals surface area (Å²) in [6, 6.07) is 7.50. The van der Waals surface area contributed by atoms with E-state index in [-0.39, 0.29) is 43.0 Å². The van der Waals surface area contributed by atoms with Crippen molar-refractivity contribution < 1.29 is 19.1 Å². The molecule has 0 saturated heterocycles. The van der Waals surface area contributed by atoms with E-state index in [0.29, 0.717) is 5.56 Å². The summed E-state index contributed by atoms with van der Waals surface area (Å²) >= 11 is 0. The summed E-state index contributed by atoms with van der Waals surface area (Å²) in [4.78, 5) is 38.8. The first kappa shape index (κ1) is 18.4. The second kappa shape index (κ2) is 8.82. The van der Waals surface area contributed by atoms with Crippen LogP contribution >= 0.6 is 0 Å². The van der Waals surface area contributed by atoms with Crippen LogP contribution in [0.3, 0.4) is 0 Å². The number of hydrogen-bond donors (Lipinski definition) is 2. The van der Waals surface area contributed by atoms with Crippen molar-refractivity contribution in [2.24, 2.45) is 5.92 Å². The lowest BCUT2D eigenvalue weighted by Crippen LogP contribution is -2.31. The normalized spacial score (nSPS) is 12.2. The van der Waals surface area contributed by atoms with Gasteiger partial charge < -0.3 is 15.0 Å². The van der Waals surface area contributed by atoms with Crippen molar-refractivity contribution in [1.29, 1.82) is 0 Å². The molecule has 0 aliphatic carbocycles. The van der Waals surface area contributed by atoms with Crippen LogP contribution < -0.4 is 5.32 Å². The number of carbonyl (C=O) groups excluding carboxylic acids is 3. The average molecular weight is 342 g/mol. The third kappa shape index (κ3) is 5.04. The zero-order valence-electron chi connectivity index (χ0n) is 14.4. The number of ketones is 1. The van der Waals surface area contributed by atoms with Crippen LogP contribution in [0.5, 0.6) is 0 Å². The van der Waals surface area contributed by atoms with Gasteiger partial charge in [0, 0.05) is 29.1 Å². The van der Waals surface area contributed by atoms with E-state index in [1.807, 2.05) is 31.2 Å². The molecule has 1 aromatic carbocycles. The van der Waals surface area contributed by atoms with Gasteiger partial charge in [0.1, 0.15) is 0 Å². The number of ether oxygens (including phenoxy) is 1. The van der Waals surface area contributed by atoms with Crippen molar-refractivity contribution in [3.63, 3.8) is 0 Å². The summed E-state index contributed by atoms with van der Waals surface area (Å²) < 4.78 is 4.63. The Morgan fingerprint density at radius 1 is 1.24 bits per heavy atom. The Bertz CT molecular complexity index is 792. The summed E-state index contributed by atoms with van der Waals surface area (Å²) in [6.45, 7) is 1.74. The monoisotopic (exact) mass is 342 g/mol. The number of H-pyrrole nitrogens is 1. The molecule has 1 atom stereocenters. The maximum Gasteiger partial charge on any atom is 0.306 e. The molecule has 2 aromatic rings. The molecule has 132 valence electrons. The standard InChI is InChI=1S/C19H22N2O4/c1-3-6-13(10-19(24)25-2)9-18(23)21-12-17(22)15-11-20-16-8-5-4-7-14(15)16/h3-8,11,13,20H,9-10,12H2,1-2H3,(H,21,23)/b6-3-. The van der Waals surface area contributed by atoms with Gasteiger partial charge in [0.15, 0.2) is 5.78 Å². The second-order valence-corrected chi connectivity index (χ2v) is 5.72. The molecule has 2 N–H and O–H groups in total. The molecule has 0 saturated carbocycles. The lowest BCUT2D eigenvalue weighted by molar-refractivity contribution is -0.141. The first-order chi connectivity index (χ1) is 12.0. The molecule has 6 nitrogen and oxygen atoms in total. The largest absolute Gasteiger partial charge is 0.469 e. The molecular weight excluding hydrogens is 320 g/mol. The number of aromatic nitrogens is 1. The number of nitrogens with one attached hydrogen (secondary N) is 2. The predicted molar refractivity (Wildman–Crippen MR) is 95.2 cm³/mol. The highest BCUT2D eigenvalue weighted by atomic mass is 16.5. The molecule has 0 aliphatic rings. The summed E-state index contributed by atoms with van der Waals surface area (Å²) in [5, 5.41) is 3.46. The number of aromatic amines is 1. The van der Waals surface area contributed by atoms with E-state index in [1.165, 1.54) is 7.11 Å². The minimum absolute atomic E-state index is 0.0819. The quantitative estimate of drug-likeness (QED) is 0.438. The van der Waals surface area contributed by atoms with Crippen molar-refractivity contribution in [3.05, 3.63) is 48.2 Å². The maximum absolute atomic E-state index is 12.3. The summed E-state index contributed by atoms with van der Waals surface area (Å²) in [5.74, 6) is -1.06. The number of carbonyl (C=O) groups is 3. The summed E-state index contributed by atoms with van der Waals surface area (Å²) in [5.41, 5.74) is 1.43. The zero-order chi connectivity index (χ0) is 18.2. The van der Waals surface area contributed by atoms with Gasteiger partial charge in [-0.05, 0) is 18.9 Å². The van der Waals surface area contributed by atoms with Crippen molar-refractivity contribution in [2.75, 3.05) is 13.7 Å². The Labute approximate surface area is 146 Å². The molecule has 0 fully saturated rings. The predicted octanol–water partition coefficient (Wildman–Crippen LogP) is 2.61. The number of benzene rings is 1. The fraction of sp³-hybridized carbons (Fsp3) is 0.316. The van der Waals surface area contributed by atoms with E-state index in [9.17, 15) is 14.4 Å². The second-order valence-electron chi connectivity index (χ2n) is 5.72. The summed E-state index contributed by atoms with van der Waals surface area (Å²) in [6.07, 6.45) is 5.49. The fourth-order valence-electron chi connectivity index (χ4n) is 2.66. The zero-order valence-corrected chi connectivity index (χ0v) is 14.4. The van der Waals surface area contributed by atoms with Gasteiger partial charge in [0.25, 0.3) is 0 Å². The van der Waals surface area contributed by atoms with Crippen molar-refractivity contribution >= 4 is 28.6 Å². The van der Waals surface area contributed by atoms with Crippen LogP contribution in [-0.2, 0) is 14.3 Å². The SMILES string of the molecule is C/C=C\C(CC(=O)NCC(=O)c1c[nH]c2ccccc12)CC(=O)OC. The number of fused-ring (bicyclic) bond motifs is 1. The molecule has 1 amide bonds. The highest BCUT2D eigenvalue weighted by Gasteiger charge is 2.17. The number of Topliss-reactive ketones (excluding diaryl/α,β-unsaturated/α-hetero) is 1. The van der Waals surface area contributed by atoms with Crippen LogP contribution in [0.4, 0.5) is 0 Å². The highest BCUT2D eigenvalue weighted by molar-refractivity contribution is 6.09. The van der Waals surface area contributed by atoms with Crippen LogP contribution in [0.1, 0.15) is 30.1 Å². The molecule has 0 bridgehead atoms. The molecule has 6 heteroatoms. The van der Waals surface area contributed by atoms with E-state index in [2.05, 4.69) is 15.0 Å². The van der Waals surface area contributed by atoms with E-state index >= 15 is 0 Å². The molecule has 1 heterocycles. The van der Waals surface area contributed by atoms with Crippen LogP contribution in [0, 0.1) is 5.92 Å². The number of rotatable bonds is 8. The van der Waals surface area contributed by atoms with Crippen LogP contribution in [0.2, 0.25) is 0 Å². The van der Waals surface area contributed by atoms with Gasteiger partial charge in [-0.3, -0.25) is 14.4 Å². The first-order valence-corrected chi connectivity index (χ1v) is 8.10. The Morgan fingerprint density at radius 2 is 2.00 bits per heavy atom. The lowest BCUT2D eigenvalue weighted by Gasteiger charge is -2.11. The smallest absolute Gasteiger partial charge is 0.306 e. The van der Waals surface area contributed by atoms with E-state index in [1.54, 1.807) is 18.3 Å². The molecule has 0 spiro atoms. The third-order valence-electron chi connectivity index (χ3n) is 3.90. The van der Waals surface area contributed by atoms with Gasteiger partial charge >= 0.3 is 5.97 Å². The Morgan fingerprint density at radius 3 is 2.72 bits per heavy atom. The molecule has 2 rings (SSSR count). The van der Waals surface area contributed by atoms with Crippen molar-refractivity contribution in [3.8, 4) is 0 Å². The van der Waals surface area contributed by atoms with E-state index in [0.717, 1.165) is 10.9 Å². The average Bonchev–Trinajstić information content (AvgIpc) is 3.04. The summed E-state index contributed by atoms with van der Waals surface area (Å²) in [7, 11) is 1.31. The topological polar surface area (TPSA) is 88.3 Å². The lowest BCUT2D eigenvalue weighted by atomic mass is 10.0. The van der Waals surface area contributed by atoms with E-state index < -0.39 is 0 Å². The third-order valence-corrected chi connectivity index (χ3v) is 3.90. The number of esters is 1. The van der Waals surface area contributed by atoms with Gasteiger partial charge in [-0.1, -0.05) is 30.4 Å². The van der Waals surface area contributed by atoms with Gasteiger partial charge in [-0.2, -0.15) is 0 Å². The first-order valence-electron chi connectivity index (χ1n) is 8.10. The minimum Gasteiger partial charge on any atom is -0.469 e. The van der Waals surface area contributed by atoms with Gasteiger partial charge in [-0.25, -0.2) is 0 Å². The van der Waals surface area contributed by atoms with Crippen molar-refractivity contribution in [1.82, 2.24) is 10.3 Å². The number of hydrogen-bond acceptors (Lipinski definition) is 4. The maximum atomic E-state index is 12.3. The number of methoxy groups -OCH3 is 1. The van der Waals surface area contributed by atoms with Crippen molar-refractivity contribution in [2.45, 2.75) is 19.8 Å². The van der Waals surface area contributed by atoms with E-state index in [4.69, 9.17) is 0 Å². The molecule has 1 aromatic heterocycles. The Kier molecular flexibility index (Phi) is 6.51. The Balaban J connectivity index is 1.92. The van der Waals surface area contributed by atoms with Gasteiger partial charge in [0.2, 0.25) is 5.91 Å². The molecule has 1 unspecified atom stereocenters. The molecule has 0 radical (unpaired) electrons. The Hall–Kier alpha value is -2.89. The number of allylic oxidation sites excluding steroid dienone is 2. The molecular formula is C19H22N2O4. The van der Waals surface area contributed by atoms with Gasteiger partial charge in [-0.15, -0.1) is 0 Å².